The van der Waals surface area contributed by atoms with E-state index in [1.165, 1.54) is 0 Å². The van der Waals surface area contributed by atoms with Crippen molar-refractivity contribution in [2.75, 3.05) is 13.4 Å². The predicted octanol–water partition coefficient (Wildman–Crippen LogP) is 2.90. The van der Waals surface area contributed by atoms with E-state index in [0.717, 1.165) is 27.6 Å². The highest BCUT2D eigenvalue weighted by Crippen LogP contribution is 2.28. The molecule has 0 atom stereocenters. The molecule has 0 aliphatic rings. The third kappa shape index (κ3) is 2.48. The van der Waals surface area contributed by atoms with Crippen LogP contribution < -0.4 is 4.74 Å². The van der Waals surface area contributed by atoms with E-state index in [2.05, 4.69) is 4.98 Å². The molecule has 1 aromatic heterocycles. The standard InChI is InChI=1S/C13H15NO2S/c1-16-11-5-3-9(4-6-11)13-10(8-15)7-12(14-13)17-2/h3-7,14-15H,8H2,1-2H3. The lowest BCUT2D eigenvalue weighted by Gasteiger charge is -2.03. The molecule has 2 N–H and O–H groups in total. The van der Waals surface area contributed by atoms with Crippen LogP contribution in [0.4, 0.5) is 0 Å². The van der Waals surface area contributed by atoms with Crippen LogP contribution >= 0.6 is 11.8 Å². The number of aliphatic hydroxyl groups is 1. The number of ether oxygens (including phenoxy) is 1. The number of aliphatic hydroxyl groups excluding tert-OH is 1. The Morgan fingerprint density at radius 2 is 2.00 bits per heavy atom. The number of rotatable bonds is 4. The molecule has 0 saturated carbocycles. The minimum Gasteiger partial charge on any atom is -0.497 e. The lowest BCUT2D eigenvalue weighted by molar-refractivity contribution is 0.282. The molecule has 0 radical (unpaired) electrons. The third-order valence-corrected chi connectivity index (χ3v) is 3.30. The Morgan fingerprint density at radius 1 is 1.29 bits per heavy atom. The topological polar surface area (TPSA) is 45.2 Å². The number of benzene rings is 1. The summed E-state index contributed by atoms with van der Waals surface area (Å²) in [5.41, 5.74) is 2.94. The lowest BCUT2D eigenvalue weighted by atomic mass is 10.1. The smallest absolute Gasteiger partial charge is 0.118 e. The van der Waals surface area contributed by atoms with Gasteiger partial charge in [0.15, 0.2) is 0 Å². The molecule has 2 rings (SSSR count). The highest BCUT2D eigenvalue weighted by molar-refractivity contribution is 7.98. The third-order valence-electron chi connectivity index (χ3n) is 2.64. The first-order valence-corrected chi connectivity index (χ1v) is 6.52. The van der Waals surface area contributed by atoms with Crippen molar-refractivity contribution in [2.24, 2.45) is 0 Å². The van der Waals surface area contributed by atoms with Crippen molar-refractivity contribution in [3.05, 3.63) is 35.9 Å². The van der Waals surface area contributed by atoms with E-state index in [-0.39, 0.29) is 6.61 Å². The van der Waals surface area contributed by atoms with Gasteiger partial charge in [-0.2, -0.15) is 0 Å². The Balaban J connectivity index is 2.40. The van der Waals surface area contributed by atoms with Crippen LogP contribution in [0, 0.1) is 0 Å². The van der Waals surface area contributed by atoms with E-state index < -0.39 is 0 Å². The van der Waals surface area contributed by atoms with Crippen molar-refractivity contribution in [3.63, 3.8) is 0 Å². The van der Waals surface area contributed by atoms with Gasteiger partial charge in [-0.05, 0) is 42.2 Å². The summed E-state index contributed by atoms with van der Waals surface area (Å²) in [5, 5.41) is 10.4. The van der Waals surface area contributed by atoms with Gasteiger partial charge in [0.2, 0.25) is 0 Å². The quantitative estimate of drug-likeness (QED) is 0.819. The van der Waals surface area contributed by atoms with E-state index in [9.17, 15) is 5.11 Å². The molecule has 1 heterocycles. The number of aromatic amines is 1. The number of H-pyrrole nitrogens is 1. The summed E-state index contributed by atoms with van der Waals surface area (Å²) in [6, 6.07) is 9.76. The average molecular weight is 249 g/mol. The normalized spacial score (nSPS) is 10.5. The maximum Gasteiger partial charge on any atom is 0.118 e. The summed E-state index contributed by atoms with van der Waals surface area (Å²) in [6.07, 6.45) is 2.00. The molecule has 0 amide bonds. The molecule has 4 heteroatoms. The zero-order chi connectivity index (χ0) is 12.3. The first-order valence-electron chi connectivity index (χ1n) is 5.29. The van der Waals surface area contributed by atoms with Gasteiger partial charge >= 0.3 is 0 Å². The van der Waals surface area contributed by atoms with Gasteiger partial charge in [-0.3, -0.25) is 0 Å². The lowest BCUT2D eigenvalue weighted by Crippen LogP contribution is -1.87. The van der Waals surface area contributed by atoms with Crippen molar-refractivity contribution >= 4 is 11.8 Å². The second-order valence-corrected chi connectivity index (χ2v) is 4.47. The van der Waals surface area contributed by atoms with Gasteiger partial charge in [-0.1, -0.05) is 0 Å². The Labute approximate surface area is 105 Å². The van der Waals surface area contributed by atoms with E-state index in [0.29, 0.717) is 0 Å². The zero-order valence-corrected chi connectivity index (χ0v) is 10.7. The van der Waals surface area contributed by atoms with Crippen LogP contribution in [-0.4, -0.2) is 23.5 Å². The number of aromatic nitrogens is 1. The van der Waals surface area contributed by atoms with Gasteiger partial charge in [0.05, 0.1) is 24.4 Å². The fourth-order valence-corrected chi connectivity index (χ4v) is 2.18. The largest absolute Gasteiger partial charge is 0.497 e. The molecule has 0 saturated heterocycles. The minimum atomic E-state index is 0.0401. The molecule has 0 unspecified atom stereocenters. The first-order chi connectivity index (χ1) is 8.28. The van der Waals surface area contributed by atoms with Crippen LogP contribution in [0.25, 0.3) is 11.3 Å². The van der Waals surface area contributed by atoms with Gasteiger partial charge < -0.3 is 14.8 Å². The molecule has 0 fully saturated rings. The molecule has 0 bridgehead atoms. The molecule has 3 nitrogen and oxygen atoms in total. The van der Waals surface area contributed by atoms with Crippen LogP contribution in [0.1, 0.15) is 5.56 Å². The van der Waals surface area contributed by atoms with Gasteiger partial charge in [-0.25, -0.2) is 0 Å². The molecular weight excluding hydrogens is 234 g/mol. The van der Waals surface area contributed by atoms with Gasteiger partial charge in [0.25, 0.3) is 0 Å². The fraction of sp³-hybridized carbons (Fsp3) is 0.231. The molecule has 2 aromatic rings. The molecular formula is C13H15NO2S. The van der Waals surface area contributed by atoms with Crippen LogP contribution in [0.5, 0.6) is 5.75 Å². The molecule has 1 aromatic carbocycles. The number of thioether (sulfide) groups is 1. The Kier molecular flexibility index (Phi) is 3.76. The highest BCUT2D eigenvalue weighted by Gasteiger charge is 2.09. The van der Waals surface area contributed by atoms with Crippen molar-refractivity contribution in [2.45, 2.75) is 11.6 Å². The Hall–Kier alpha value is -1.39. The number of nitrogens with one attached hydrogen (secondary N) is 1. The van der Waals surface area contributed by atoms with Crippen molar-refractivity contribution < 1.29 is 9.84 Å². The monoisotopic (exact) mass is 249 g/mol. The Bertz CT molecular complexity index is 491. The van der Waals surface area contributed by atoms with Crippen LogP contribution in [0.3, 0.4) is 0 Å². The number of hydrogen-bond donors (Lipinski definition) is 2. The van der Waals surface area contributed by atoms with Crippen LogP contribution in [0.15, 0.2) is 35.4 Å². The van der Waals surface area contributed by atoms with E-state index in [1.807, 2.05) is 36.6 Å². The summed E-state index contributed by atoms with van der Waals surface area (Å²) in [7, 11) is 1.65. The highest BCUT2D eigenvalue weighted by atomic mass is 32.2. The molecule has 0 aliphatic carbocycles. The summed E-state index contributed by atoms with van der Waals surface area (Å²) >= 11 is 1.63. The maximum atomic E-state index is 9.34. The van der Waals surface area contributed by atoms with Gasteiger partial charge in [-0.15, -0.1) is 11.8 Å². The van der Waals surface area contributed by atoms with E-state index in [1.54, 1.807) is 18.9 Å². The Morgan fingerprint density at radius 3 is 2.53 bits per heavy atom. The van der Waals surface area contributed by atoms with Crippen LogP contribution in [0.2, 0.25) is 0 Å². The van der Waals surface area contributed by atoms with Gasteiger partial charge in [0, 0.05) is 5.56 Å². The van der Waals surface area contributed by atoms with Crippen molar-refractivity contribution in [1.29, 1.82) is 0 Å². The van der Waals surface area contributed by atoms with Crippen LogP contribution in [-0.2, 0) is 6.61 Å². The summed E-state index contributed by atoms with van der Waals surface area (Å²) in [4.78, 5) is 3.30. The maximum absolute atomic E-state index is 9.34. The second-order valence-electron chi connectivity index (χ2n) is 3.62. The summed E-state index contributed by atoms with van der Waals surface area (Å²) in [6.45, 7) is 0.0401. The van der Waals surface area contributed by atoms with Crippen molar-refractivity contribution in [1.82, 2.24) is 4.98 Å². The molecule has 17 heavy (non-hydrogen) atoms. The predicted molar refractivity (Wildman–Crippen MR) is 70.5 cm³/mol. The van der Waals surface area contributed by atoms with Crippen molar-refractivity contribution in [3.8, 4) is 17.0 Å². The van der Waals surface area contributed by atoms with E-state index in [4.69, 9.17) is 4.74 Å². The average Bonchev–Trinajstić information content (AvgIpc) is 2.82. The number of methoxy groups -OCH3 is 1. The summed E-state index contributed by atoms with van der Waals surface area (Å²) < 4.78 is 5.12. The summed E-state index contributed by atoms with van der Waals surface area (Å²) in [5.74, 6) is 0.830. The minimum absolute atomic E-state index is 0.0401. The number of hydrogen-bond acceptors (Lipinski definition) is 3. The molecule has 0 spiro atoms. The molecule has 90 valence electrons. The van der Waals surface area contributed by atoms with E-state index >= 15 is 0 Å². The SMILES string of the molecule is COc1ccc(-c2[nH]c(SC)cc2CO)cc1. The first kappa shape index (κ1) is 12.1. The molecule has 0 aliphatic heterocycles. The van der Waals surface area contributed by atoms with Gasteiger partial charge in [0.1, 0.15) is 5.75 Å². The fourth-order valence-electron chi connectivity index (χ4n) is 1.72. The second kappa shape index (κ2) is 5.29. The zero-order valence-electron chi connectivity index (χ0n) is 9.86.